The van der Waals surface area contributed by atoms with Crippen molar-refractivity contribution in [3.63, 3.8) is 0 Å². The minimum absolute atomic E-state index is 0.585. The number of rotatable bonds is 2. The summed E-state index contributed by atoms with van der Waals surface area (Å²) in [5.74, 6) is 4.11. The number of fused-ring (bicyclic) bond motifs is 3. The summed E-state index contributed by atoms with van der Waals surface area (Å²) in [5.41, 5.74) is 2.99. The standard InChI is InChI=1S/C20H26O/c1-21-16-9-7-14(8-10-16)20-13-15(20)12-19-11-5-3-2-4-6-17(19)18(19)20/h7-10,15,17-18H,2-6,11-13H2,1H3/t15-,17-,18+,19?,20-/m0/s1. The summed E-state index contributed by atoms with van der Waals surface area (Å²) in [5, 5.41) is 0. The molecule has 0 heterocycles. The van der Waals surface area contributed by atoms with Gasteiger partial charge in [0.1, 0.15) is 5.75 Å². The second-order valence-corrected chi connectivity index (χ2v) is 8.14. The molecule has 1 nitrogen and oxygen atoms in total. The largest absolute Gasteiger partial charge is 0.497 e. The van der Waals surface area contributed by atoms with E-state index in [4.69, 9.17) is 4.74 Å². The van der Waals surface area contributed by atoms with E-state index in [2.05, 4.69) is 24.3 Å². The van der Waals surface area contributed by atoms with Crippen molar-refractivity contribution in [3.8, 4) is 5.75 Å². The van der Waals surface area contributed by atoms with Gasteiger partial charge in [-0.05, 0) is 66.5 Å². The predicted molar refractivity (Wildman–Crippen MR) is 84.5 cm³/mol. The third-order valence-corrected chi connectivity index (χ3v) is 7.52. The van der Waals surface area contributed by atoms with Crippen LogP contribution in [0.2, 0.25) is 0 Å². The van der Waals surface area contributed by atoms with Gasteiger partial charge in [-0.1, -0.05) is 37.8 Å². The first-order valence-electron chi connectivity index (χ1n) is 8.96. The SMILES string of the molecule is COc1ccc([C@@]23C[C@@H]2CC24CCCCCC[C@H]2[C@H]43)cc1. The fourth-order valence-corrected chi connectivity index (χ4v) is 6.67. The average molecular weight is 282 g/mol. The quantitative estimate of drug-likeness (QED) is 0.746. The van der Waals surface area contributed by atoms with E-state index in [1.165, 1.54) is 44.9 Å². The van der Waals surface area contributed by atoms with E-state index in [-0.39, 0.29) is 0 Å². The second kappa shape index (κ2) is 4.06. The minimum atomic E-state index is 0.585. The van der Waals surface area contributed by atoms with Gasteiger partial charge in [0.2, 0.25) is 0 Å². The van der Waals surface area contributed by atoms with Crippen molar-refractivity contribution in [1.29, 1.82) is 0 Å². The van der Waals surface area contributed by atoms with Crippen LogP contribution >= 0.6 is 0 Å². The van der Waals surface area contributed by atoms with Gasteiger partial charge in [-0.3, -0.25) is 0 Å². The topological polar surface area (TPSA) is 9.23 Å². The molecule has 112 valence electrons. The van der Waals surface area contributed by atoms with E-state index < -0.39 is 0 Å². The lowest BCUT2D eigenvalue weighted by atomic mass is 9.87. The summed E-state index contributed by atoms with van der Waals surface area (Å²) >= 11 is 0. The molecule has 4 aliphatic rings. The van der Waals surface area contributed by atoms with Crippen LogP contribution in [0.1, 0.15) is 56.9 Å². The fraction of sp³-hybridized carbons (Fsp3) is 0.700. The normalized spacial score (nSPS) is 46.6. The molecule has 5 rings (SSSR count). The van der Waals surface area contributed by atoms with Gasteiger partial charge in [0.15, 0.2) is 0 Å². The second-order valence-electron chi connectivity index (χ2n) is 8.14. The maximum absolute atomic E-state index is 5.34. The zero-order chi connectivity index (χ0) is 14.1. The number of ether oxygens (including phenoxy) is 1. The van der Waals surface area contributed by atoms with E-state index >= 15 is 0 Å². The van der Waals surface area contributed by atoms with Crippen LogP contribution in [0.5, 0.6) is 5.75 Å². The van der Waals surface area contributed by atoms with Crippen molar-refractivity contribution in [3.05, 3.63) is 29.8 Å². The predicted octanol–water partition coefficient (Wildman–Crippen LogP) is 4.94. The van der Waals surface area contributed by atoms with Gasteiger partial charge in [0.25, 0.3) is 0 Å². The van der Waals surface area contributed by atoms with Gasteiger partial charge in [-0.25, -0.2) is 0 Å². The maximum Gasteiger partial charge on any atom is 0.118 e. The summed E-state index contributed by atoms with van der Waals surface area (Å²) in [6.45, 7) is 0. The van der Waals surface area contributed by atoms with Crippen molar-refractivity contribution < 1.29 is 4.74 Å². The van der Waals surface area contributed by atoms with Gasteiger partial charge in [0.05, 0.1) is 7.11 Å². The van der Waals surface area contributed by atoms with Crippen LogP contribution < -0.4 is 4.74 Å². The first-order valence-corrected chi connectivity index (χ1v) is 8.96. The van der Waals surface area contributed by atoms with Crippen molar-refractivity contribution in [2.24, 2.45) is 23.2 Å². The highest BCUT2D eigenvalue weighted by Crippen LogP contribution is 2.88. The highest BCUT2D eigenvalue weighted by Gasteiger charge is 2.83. The zero-order valence-electron chi connectivity index (χ0n) is 13.1. The fourth-order valence-electron chi connectivity index (χ4n) is 6.67. The molecule has 0 saturated heterocycles. The molecule has 0 N–H and O–H groups in total. The molecule has 0 aliphatic heterocycles. The van der Waals surface area contributed by atoms with Crippen molar-refractivity contribution in [1.82, 2.24) is 0 Å². The Morgan fingerprint density at radius 1 is 1.00 bits per heavy atom. The first-order chi connectivity index (χ1) is 10.3. The van der Waals surface area contributed by atoms with E-state index in [0.29, 0.717) is 5.41 Å². The lowest BCUT2D eigenvalue weighted by Gasteiger charge is -2.18. The van der Waals surface area contributed by atoms with E-state index in [1.54, 1.807) is 19.1 Å². The van der Waals surface area contributed by atoms with Gasteiger partial charge >= 0.3 is 0 Å². The van der Waals surface area contributed by atoms with Gasteiger partial charge in [0, 0.05) is 5.41 Å². The Hall–Kier alpha value is -0.980. The summed E-state index contributed by atoms with van der Waals surface area (Å²) in [6, 6.07) is 9.08. The van der Waals surface area contributed by atoms with Crippen LogP contribution in [0.4, 0.5) is 0 Å². The number of hydrogen-bond acceptors (Lipinski definition) is 1. The lowest BCUT2D eigenvalue weighted by Crippen LogP contribution is -2.12. The molecule has 1 heteroatoms. The van der Waals surface area contributed by atoms with Crippen LogP contribution in [0, 0.1) is 23.2 Å². The first kappa shape index (κ1) is 12.6. The molecule has 21 heavy (non-hydrogen) atoms. The molecule has 4 saturated carbocycles. The maximum atomic E-state index is 5.34. The molecule has 1 aromatic carbocycles. The highest BCUT2D eigenvalue weighted by atomic mass is 16.5. The van der Waals surface area contributed by atoms with Crippen LogP contribution in [0.25, 0.3) is 0 Å². The summed E-state index contributed by atoms with van der Waals surface area (Å²) in [4.78, 5) is 0. The Bertz CT molecular complexity index is 562. The average Bonchev–Trinajstić information content (AvgIpc) is 3.34. The van der Waals surface area contributed by atoms with Crippen LogP contribution in [0.15, 0.2) is 24.3 Å². The number of methoxy groups -OCH3 is 1. The summed E-state index contributed by atoms with van der Waals surface area (Å²) in [6.07, 6.45) is 12.0. The zero-order valence-corrected chi connectivity index (χ0v) is 13.1. The highest BCUT2D eigenvalue weighted by molar-refractivity contribution is 5.46. The molecule has 0 radical (unpaired) electrons. The Kier molecular flexibility index (Phi) is 2.42. The van der Waals surface area contributed by atoms with E-state index in [0.717, 1.165) is 28.9 Å². The molecular formula is C20H26O. The molecular weight excluding hydrogens is 256 g/mol. The van der Waals surface area contributed by atoms with Crippen LogP contribution in [-0.4, -0.2) is 7.11 Å². The summed E-state index contributed by atoms with van der Waals surface area (Å²) < 4.78 is 5.34. The Morgan fingerprint density at radius 2 is 1.81 bits per heavy atom. The summed E-state index contributed by atoms with van der Waals surface area (Å²) in [7, 11) is 1.76. The van der Waals surface area contributed by atoms with Crippen LogP contribution in [0.3, 0.4) is 0 Å². The van der Waals surface area contributed by atoms with Crippen molar-refractivity contribution in [2.75, 3.05) is 7.11 Å². The van der Waals surface area contributed by atoms with Gasteiger partial charge < -0.3 is 4.74 Å². The van der Waals surface area contributed by atoms with Crippen molar-refractivity contribution in [2.45, 2.75) is 56.8 Å². The third-order valence-electron chi connectivity index (χ3n) is 7.52. The molecule has 5 atom stereocenters. The van der Waals surface area contributed by atoms with E-state index in [9.17, 15) is 0 Å². The lowest BCUT2D eigenvalue weighted by molar-refractivity contribution is 0.328. The molecule has 1 aromatic rings. The van der Waals surface area contributed by atoms with Gasteiger partial charge in [-0.2, -0.15) is 0 Å². The monoisotopic (exact) mass is 282 g/mol. The Morgan fingerprint density at radius 3 is 2.62 bits per heavy atom. The van der Waals surface area contributed by atoms with Crippen LogP contribution in [-0.2, 0) is 5.41 Å². The van der Waals surface area contributed by atoms with Crippen molar-refractivity contribution >= 4 is 0 Å². The minimum Gasteiger partial charge on any atom is -0.497 e. The molecule has 4 aliphatic carbocycles. The van der Waals surface area contributed by atoms with E-state index in [1.807, 2.05) is 0 Å². The molecule has 1 unspecified atom stereocenters. The molecule has 0 amide bonds. The number of hydrogen-bond donors (Lipinski definition) is 0. The third kappa shape index (κ3) is 1.48. The molecule has 1 spiro atoms. The smallest absolute Gasteiger partial charge is 0.118 e. The molecule has 0 aromatic heterocycles. The number of benzene rings is 1. The Labute approximate surface area is 128 Å². The molecule has 4 fully saturated rings. The van der Waals surface area contributed by atoms with Gasteiger partial charge in [-0.15, -0.1) is 0 Å². The Balaban J connectivity index is 1.48. The molecule has 0 bridgehead atoms.